The molecule has 2 aliphatic rings. The molecule has 0 radical (unpaired) electrons. The first-order valence-corrected chi connectivity index (χ1v) is 8.12. The highest BCUT2D eigenvalue weighted by atomic mass is 32.2. The molecule has 2 fully saturated rings. The first-order chi connectivity index (χ1) is 7.92. The normalized spacial score (nSPS) is 31.3. The summed E-state index contributed by atoms with van der Waals surface area (Å²) >= 11 is 0. The van der Waals surface area contributed by atoms with Crippen LogP contribution in [-0.2, 0) is 10.0 Å². The van der Waals surface area contributed by atoms with E-state index in [-0.39, 0.29) is 10.7 Å². The van der Waals surface area contributed by atoms with Crippen molar-refractivity contribution in [1.29, 1.82) is 0 Å². The minimum absolute atomic E-state index is 0.191. The minimum Gasteiger partial charge on any atom is -0.315 e. The summed E-state index contributed by atoms with van der Waals surface area (Å²) in [6.07, 6.45) is 3.86. The van der Waals surface area contributed by atoms with Gasteiger partial charge in [-0.05, 0) is 37.6 Å². The smallest absolute Gasteiger partial charge is 0.218 e. The fourth-order valence-corrected chi connectivity index (χ4v) is 4.64. The summed E-state index contributed by atoms with van der Waals surface area (Å²) in [5, 5.41) is 2.95. The van der Waals surface area contributed by atoms with E-state index in [4.69, 9.17) is 0 Å². The van der Waals surface area contributed by atoms with E-state index in [1.807, 2.05) is 0 Å². The van der Waals surface area contributed by atoms with Crippen LogP contribution in [-0.4, -0.2) is 44.2 Å². The van der Waals surface area contributed by atoms with Gasteiger partial charge in [-0.3, -0.25) is 0 Å². The summed E-state index contributed by atoms with van der Waals surface area (Å²) in [5.41, 5.74) is 0.290. The molecule has 0 amide bonds. The van der Waals surface area contributed by atoms with Crippen LogP contribution in [0.15, 0.2) is 0 Å². The van der Waals surface area contributed by atoms with Crippen LogP contribution < -0.4 is 5.32 Å². The molecule has 100 valence electrons. The summed E-state index contributed by atoms with van der Waals surface area (Å²) in [6.45, 7) is 7.35. The monoisotopic (exact) mass is 260 g/mol. The van der Waals surface area contributed by atoms with Gasteiger partial charge in [0.2, 0.25) is 10.0 Å². The fourth-order valence-electron chi connectivity index (χ4n) is 2.75. The zero-order chi connectivity index (χ0) is 12.5. The Morgan fingerprint density at radius 3 is 2.65 bits per heavy atom. The Balaban J connectivity index is 2.06. The minimum atomic E-state index is -3.06. The molecular formula is C12H24N2O2S. The van der Waals surface area contributed by atoms with Gasteiger partial charge in [-0.15, -0.1) is 0 Å². The van der Waals surface area contributed by atoms with Gasteiger partial charge >= 0.3 is 0 Å². The van der Waals surface area contributed by atoms with Crippen molar-refractivity contribution >= 4 is 10.0 Å². The van der Waals surface area contributed by atoms with Crippen LogP contribution in [0.3, 0.4) is 0 Å². The van der Waals surface area contributed by atoms with Gasteiger partial charge in [-0.1, -0.05) is 13.8 Å². The van der Waals surface area contributed by atoms with Crippen molar-refractivity contribution in [2.24, 2.45) is 5.41 Å². The second-order valence-corrected chi connectivity index (χ2v) is 8.29. The van der Waals surface area contributed by atoms with Gasteiger partial charge in [-0.25, -0.2) is 12.7 Å². The molecule has 4 nitrogen and oxygen atoms in total. The molecule has 1 N–H and O–H groups in total. The Hall–Kier alpha value is -0.130. The quantitative estimate of drug-likeness (QED) is 0.811. The van der Waals surface area contributed by atoms with Crippen LogP contribution in [0.25, 0.3) is 0 Å². The second-order valence-electron chi connectivity index (χ2n) is 6.08. The zero-order valence-electron chi connectivity index (χ0n) is 10.9. The molecule has 0 aromatic heterocycles. The first-order valence-electron chi connectivity index (χ1n) is 6.61. The summed E-state index contributed by atoms with van der Waals surface area (Å²) in [4.78, 5) is 0. The molecule has 2 heterocycles. The van der Waals surface area contributed by atoms with Crippen LogP contribution in [0.1, 0.15) is 39.5 Å². The van der Waals surface area contributed by atoms with E-state index in [0.29, 0.717) is 19.6 Å². The third-order valence-corrected chi connectivity index (χ3v) is 6.43. The van der Waals surface area contributed by atoms with E-state index in [0.717, 1.165) is 32.2 Å². The van der Waals surface area contributed by atoms with Gasteiger partial charge in [0.15, 0.2) is 0 Å². The summed E-state index contributed by atoms with van der Waals surface area (Å²) < 4.78 is 26.6. The van der Waals surface area contributed by atoms with Gasteiger partial charge in [0, 0.05) is 19.6 Å². The Labute approximate surface area is 105 Å². The first kappa shape index (κ1) is 13.3. The van der Waals surface area contributed by atoms with Crippen molar-refractivity contribution in [2.75, 3.05) is 26.2 Å². The van der Waals surface area contributed by atoms with Crippen LogP contribution in [0, 0.1) is 5.41 Å². The lowest BCUT2D eigenvalue weighted by atomic mass is 9.85. The molecule has 0 bridgehead atoms. The van der Waals surface area contributed by atoms with Crippen molar-refractivity contribution in [1.82, 2.24) is 9.62 Å². The van der Waals surface area contributed by atoms with Crippen molar-refractivity contribution < 1.29 is 8.42 Å². The summed E-state index contributed by atoms with van der Waals surface area (Å²) in [7, 11) is -3.06. The van der Waals surface area contributed by atoms with Crippen molar-refractivity contribution in [3.05, 3.63) is 0 Å². The number of sulfonamides is 1. The fraction of sp³-hybridized carbons (Fsp3) is 1.00. The van der Waals surface area contributed by atoms with Crippen LogP contribution >= 0.6 is 0 Å². The van der Waals surface area contributed by atoms with Crippen LogP contribution in [0.5, 0.6) is 0 Å². The lowest BCUT2D eigenvalue weighted by Crippen LogP contribution is -2.40. The van der Waals surface area contributed by atoms with E-state index in [2.05, 4.69) is 19.2 Å². The van der Waals surface area contributed by atoms with Gasteiger partial charge in [0.25, 0.3) is 0 Å². The van der Waals surface area contributed by atoms with Crippen molar-refractivity contribution in [2.45, 2.75) is 44.8 Å². The van der Waals surface area contributed by atoms with E-state index in [9.17, 15) is 8.42 Å². The number of nitrogens with zero attached hydrogens (tertiary/aromatic N) is 1. The molecule has 0 aromatic carbocycles. The Kier molecular flexibility index (Phi) is 3.80. The van der Waals surface area contributed by atoms with E-state index in [1.165, 1.54) is 0 Å². The molecule has 2 rings (SSSR count). The number of hydrogen-bond donors (Lipinski definition) is 1. The largest absolute Gasteiger partial charge is 0.315 e. The highest BCUT2D eigenvalue weighted by Gasteiger charge is 2.36. The molecule has 0 saturated carbocycles. The average Bonchev–Trinajstić information content (AvgIpc) is 2.70. The van der Waals surface area contributed by atoms with Gasteiger partial charge in [-0.2, -0.15) is 0 Å². The molecule has 1 unspecified atom stereocenters. The lowest BCUT2D eigenvalue weighted by molar-refractivity contribution is 0.314. The highest BCUT2D eigenvalue weighted by Crippen LogP contribution is 2.31. The average molecular weight is 260 g/mol. The third-order valence-electron chi connectivity index (χ3n) is 4.10. The molecule has 1 atom stereocenters. The second kappa shape index (κ2) is 4.86. The highest BCUT2D eigenvalue weighted by molar-refractivity contribution is 7.89. The standard InChI is InChI=1S/C12H24N2O2S/c1-12(2)5-3-8-14(9-6-12)17(15,16)11-4-7-13-10-11/h11,13H,3-10H2,1-2H3. The molecular weight excluding hydrogens is 236 g/mol. The number of nitrogens with one attached hydrogen (secondary N) is 1. The van der Waals surface area contributed by atoms with E-state index >= 15 is 0 Å². The Morgan fingerprint density at radius 1 is 1.24 bits per heavy atom. The van der Waals surface area contributed by atoms with E-state index in [1.54, 1.807) is 4.31 Å². The Bertz CT molecular complexity index is 359. The molecule has 5 heteroatoms. The number of hydrogen-bond acceptors (Lipinski definition) is 3. The van der Waals surface area contributed by atoms with Crippen molar-refractivity contribution in [3.63, 3.8) is 0 Å². The van der Waals surface area contributed by atoms with Crippen molar-refractivity contribution in [3.8, 4) is 0 Å². The maximum Gasteiger partial charge on any atom is 0.218 e. The van der Waals surface area contributed by atoms with Crippen LogP contribution in [0.4, 0.5) is 0 Å². The number of rotatable bonds is 2. The van der Waals surface area contributed by atoms with Crippen LogP contribution in [0.2, 0.25) is 0 Å². The topological polar surface area (TPSA) is 49.4 Å². The molecule has 2 saturated heterocycles. The molecule has 0 aliphatic carbocycles. The lowest BCUT2D eigenvalue weighted by Gasteiger charge is -2.25. The summed E-state index contributed by atoms with van der Waals surface area (Å²) in [5.74, 6) is 0. The van der Waals surface area contributed by atoms with E-state index < -0.39 is 10.0 Å². The molecule has 2 aliphatic heterocycles. The van der Waals surface area contributed by atoms with Gasteiger partial charge in [0.1, 0.15) is 0 Å². The van der Waals surface area contributed by atoms with Gasteiger partial charge < -0.3 is 5.32 Å². The predicted molar refractivity (Wildman–Crippen MR) is 69.4 cm³/mol. The SMILES string of the molecule is CC1(C)CCCN(S(=O)(=O)C2CCNC2)CC1. The summed E-state index contributed by atoms with van der Waals surface area (Å²) in [6, 6.07) is 0. The maximum atomic E-state index is 12.4. The maximum absolute atomic E-state index is 12.4. The molecule has 0 spiro atoms. The third kappa shape index (κ3) is 3.01. The zero-order valence-corrected chi connectivity index (χ0v) is 11.7. The molecule has 17 heavy (non-hydrogen) atoms. The molecule has 0 aromatic rings. The Morgan fingerprint density at radius 2 is 2.00 bits per heavy atom. The van der Waals surface area contributed by atoms with Gasteiger partial charge in [0.05, 0.1) is 5.25 Å². The predicted octanol–water partition coefficient (Wildman–Crippen LogP) is 1.19.